The Balaban J connectivity index is 1.75. The molecule has 0 saturated carbocycles. The summed E-state index contributed by atoms with van der Waals surface area (Å²) in [5.74, 6) is 3.98. The Labute approximate surface area is 149 Å². The fourth-order valence-electron chi connectivity index (χ4n) is 2.20. The molecule has 6 heteroatoms. The molecule has 1 heterocycles. The Morgan fingerprint density at radius 1 is 1.28 bits per heavy atom. The molecule has 1 amide bonds. The molecule has 0 spiro atoms. The largest absolute Gasteiger partial charge is 0.338 e. The van der Waals surface area contributed by atoms with E-state index >= 15 is 0 Å². The molecule has 3 rings (SSSR count). The van der Waals surface area contributed by atoms with E-state index in [1.807, 2.05) is 30.3 Å². The van der Waals surface area contributed by atoms with Gasteiger partial charge in [-0.1, -0.05) is 29.3 Å². The first-order chi connectivity index (χ1) is 12.2. The van der Waals surface area contributed by atoms with Crippen molar-refractivity contribution in [2.75, 3.05) is 5.32 Å². The molecule has 0 bridgehead atoms. The van der Waals surface area contributed by atoms with Crippen LogP contribution in [-0.4, -0.2) is 16.0 Å². The average molecular weight is 349 g/mol. The van der Waals surface area contributed by atoms with E-state index in [2.05, 4.69) is 21.4 Å². The van der Waals surface area contributed by atoms with Crippen LogP contribution in [-0.2, 0) is 5.75 Å². The highest BCUT2D eigenvalue weighted by molar-refractivity contribution is 7.98. The molecule has 1 aromatic heterocycles. The van der Waals surface area contributed by atoms with Crippen molar-refractivity contribution in [3.63, 3.8) is 0 Å². The molecule has 0 radical (unpaired) electrons. The van der Waals surface area contributed by atoms with Gasteiger partial charge in [0.05, 0.1) is 11.3 Å². The molecule has 0 aliphatic heterocycles. The summed E-state index contributed by atoms with van der Waals surface area (Å²) in [6.07, 6.45) is 5.40. The van der Waals surface area contributed by atoms with E-state index in [1.165, 1.54) is 11.8 Å². The minimum Gasteiger partial charge on any atom is -0.338 e. The van der Waals surface area contributed by atoms with Crippen LogP contribution in [0.4, 0.5) is 5.69 Å². The lowest BCUT2D eigenvalue weighted by atomic mass is 10.2. The maximum absolute atomic E-state index is 12.6. The van der Waals surface area contributed by atoms with E-state index in [0.717, 1.165) is 4.90 Å². The fraction of sp³-hybridized carbons (Fsp3) is 0.105. The summed E-state index contributed by atoms with van der Waals surface area (Å²) >= 11 is 1.47. The number of thioether (sulfide) groups is 1. The summed E-state index contributed by atoms with van der Waals surface area (Å²) in [4.78, 5) is 17.6. The second-order valence-electron chi connectivity index (χ2n) is 5.20. The number of anilines is 1. The third-order valence-electron chi connectivity index (χ3n) is 3.34. The van der Waals surface area contributed by atoms with Crippen LogP contribution >= 0.6 is 11.8 Å². The molecule has 2 aromatic carbocycles. The SMILES string of the molecule is C#Cc1cccc(NC(=O)c2ccccc2SCc2nc(C)no2)c1. The summed E-state index contributed by atoms with van der Waals surface area (Å²) < 4.78 is 5.11. The van der Waals surface area contributed by atoms with Gasteiger partial charge in [-0.3, -0.25) is 4.79 Å². The number of aryl methyl sites for hydroxylation is 1. The van der Waals surface area contributed by atoms with Crippen molar-refractivity contribution in [3.8, 4) is 12.3 Å². The lowest BCUT2D eigenvalue weighted by molar-refractivity contribution is 0.102. The Hall–Kier alpha value is -3.04. The van der Waals surface area contributed by atoms with Crippen molar-refractivity contribution in [1.82, 2.24) is 10.1 Å². The molecule has 0 unspecified atom stereocenters. The zero-order valence-corrected chi connectivity index (χ0v) is 14.3. The molecule has 3 aromatic rings. The molecule has 5 nitrogen and oxygen atoms in total. The zero-order chi connectivity index (χ0) is 17.6. The van der Waals surface area contributed by atoms with E-state index in [4.69, 9.17) is 10.9 Å². The van der Waals surface area contributed by atoms with Gasteiger partial charge in [0.15, 0.2) is 5.82 Å². The number of benzene rings is 2. The number of carbonyl (C=O) groups is 1. The number of hydrogen-bond acceptors (Lipinski definition) is 5. The highest BCUT2D eigenvalue weighted by atomic mass is 32.2. The topological polar surface area (TPSA) is 68.0 Å². The van der Waals surface area contributed by atoms with Gasteiger partial charge in [-0.05, 0) is 37.3 Å². The number of terminal acetylenes is 1. The van der Waals surface area contributed by atoms with Crippen LogP contribution in [0.25, 0.3) is 0 Å². The molecule has 0 aliphatic rings. The van der Waals surface area contributed by atoms with E-state index in [-0.39, 0.29) is 5.91 Å². The van der Waals surface area contributed by atoms with Crippen LogP contribution in [0.1, 0.15) is 27.6 Å². The highest BCUT2D eigenvalue weighted by Crippen LogP contribution is 2.26. The molecule has 0 atom stereocenters. The summed E-state index contributed by atoms with van der Waals surface area (Å²) in [6, 6.07) is 14.6. The van der Waals surface area contributed by atoms with Gasteiger partial charge in [-0.25, -0.2) is 0 Å². The number of aromatic nitrogens is 2. The number of nitrogens with one attached hydrogen (secondary N) is 1. The molecule has 25 heavy (non-hydrogen) atoms. The van der Waals surface area contributed by atoms with Crippen LogP contribution in [0.2, 0.25) is 0 Å². The van der Waals surface area contributed by atoms with Gasteiger partial charge in [-0.15, -0.1) is 18.2 Å². The third-order valence-corrected chi connectivity index (χ3v) is 4.40. The quantitative estimate of drug-likeness (QED) is 0.559. The van der Waals surface area contributed by atoms with Crippen LogP contribution < -0.4 is 5.32 Å². The Morgan fingerprint density at radius 2 is 2.12 bits per heavy atom. The summed E-state index contributed by atoms with van der Waals surface area (Å²) in [5.41, 5.74) is 1.95. The molecule has 0 saturated heterocycles. The predicted molar refractivity (Wildman–Crippen MR) is 97.4 cm³/mol. The Bertz CT molecular complexity index is 944. The Kier molecular flexibility index (Phi) is 5.17. The molecule has 124 valence electrons. The smallest absolute Gasteiger partial charge is 0.256 e. The van der Waals surface area contributed by atoms with Gasteiger partial charge in [0.1, 0.15) is 0 Å². The first kappa shape index (κ1) is 16.8. The van der Waals surface area contributed by atoms with Crippen molar-refractivity contribution >= 4 is 23.4 Å². The van der Waals surface area contributed by atoms with Crippen LogP contribution in [0.3, 0.4) is 0 Å². The van der Waals surface area contributed by atoms with Gasteiger partial charge < -0.3 is 9.84 Å². The summed E-state index contributed by atoms with van der Waals surface area (Å²) in [7, 11) is 0. The van der Waals surface area contributed by atoms with Crippen molar-refractivity contribution < 1.29 is 9.32 Å². The minimum absolute atomic E-state index is 0.195. The van der Waals surface area contributed by atoms with Gasteiger partial charge >= 0.3 is 0 Å². The van der Waals surface area contributed by atoms with Gasteiger partial charge in [-0.2, -0.15) is 4.98 Å². The minimum atomic E-state index is -0.195. The average Bonchev–Trinajstić information content (AvgIpc) is 3.05. The molecule has 0 fully saturated rings. The predicted octanol–water partition coefficient (Wildman–Crippen LogP) is 3.90. The van der Waals surface area contributed by atoms with Crippen molar-refractivity contribution in [1.29, 1.82) is 0 Å². The maximum atomic E-state index is 12.6. The monoisotopic (exact) mass is 349 g/mol. The van der Waals surface area contributed by atoms with E-state index in [0.29, 0.717) is 34.3 Å². The fourth-order valence-corrected chi connectivity index (χ4v) is 3.09. The van der Waals surface area contributed by atoms with Crippen molar-refractivity contribution in [3.05, 3.63) is 71.4 Å². The molecular formula is C19H15N3O2S. The molecule has 1 N–H and O–H groups in total. The number of nitrogens with zero attached hydrogens (tertiary/aromatic N) is 2. The lowest BCUT2D eigenvalue weighted by Gasteiger charge is -2.09. The van der Waals surface area contributed by atoms with Crippen LogP contribution in [0.15, 0.2) is 57.9 Å². The number of rotatable bonds is 5. The van der Waals surface area contributed by atoms with Gasteiger partial charge in [0, 0.05) is 16.1 Å². The van der Waals surface area contributed by atoms with Gasteiger partial charge in [0.25, 0.3) is 5.91 Å². The standard InChI is InChI=1S/C19H15N3O2S/c1-3-14-7-6-8-15(11-14)21-19(23)16-9-4-5-10-17(16)25-12-18-20-13(2)22-24-18/h1,4-11H,12H2,2H3,(H,21,23). The zero-order valence-electron chi connectivity index (χ0n) is 13.5. The van der Waals surface area contributed by atoms with Crippen molar-refractivity contribution in [2.24, 2.45) is 0 Å². The first-order valence-corrected chi connectivity index (χ1v) is 8.53. The Morgan fingerprint density at radius 3 is 2.88 bits per heavy atom. The maximum Gasteiger partial charge on any atom is 0.256 e. The van der Waals surface area contributed by atoms with Crippen LogP contribution in [0, 0.1) is 19.3 Å². The summed E-state index contributed by atoms with van der Waals surface area (Å²) in [6.45, 7) is 1.77. The number of hydrogen-bond donors (Lipinski definition) is 1. The highest BCUT2D eigenvalue weighted by Gasteiger charge is 2.13. The normalized spacial score (nSPS) is 10.2. The molecule has 0 aliphatic carbocycles. The number of carbonyl (C=O) groups excluding carboxylic acids is 1. The number of amides is 1. The third kappa shape index (κ3) is 4.28. The van der Waals surface area contributed by atoms with E-state index in [1.54, 1.807) is 25.1 Å². The first-order valence-electron chi connectivity index (χ1n) is 7.55. The second kappa shape index (κ2) is 7.69. The van der Waals surface area contributed by atoms with E-state index < -0.39 is 0 Å². The van der Waals surface area contributed by atoms with Crippen LogP contribution in [0.5, 0.6) is 0 Å². The second-order valence-corrected chi connectivity index (χ2v) is 6.22. The van der Waals surface area contributed by atoms with Gasteiger partial charge in [0.2, 0.25) is 5.89 Å². The summed E-state index contributed by atoms with van der Waals surface area (Å²) in [5, 5.41) is 6.64. The van der Waals surface area contributed by atoms with E-state index in [9.17, 15) is 4.79 Å². The molecular weight excluding hydrogens is 334 g/mol. The van der Waals surface area contributed by atoms with Crippen molar-refractivity contribution in [2.45, 2.75) is 17.6 Å². The lowest BCUT2D eigenvalue weighted by Crippen LogP contribution is -2.13.